The van der Waals surface area contributed by atoms with E-state index in [1.54, 1.807) is 6.07 Å². The minimum absolute atomic E-state index is 0.192. The number of anilines is 1. The largest absolute Gasteiger partial charge is 0.371 e. The van der Waals surface area contributed by atoms with Crippen LogP contribution in [0, 0.1) is 5.82 Å². The molecule has 0 aliphatic heterocycles. The topological polar surface area (TPSA) is 29.3 Å². The van der Waals surface area contributed by atoms with E-state index < -0.39 is 0 Å². The van der Waals surface area contributed by atoms with Crippen LogP contribution in [0.25, 0.3) is 0 Å². The van der Waals surface area contributed by atoms with Crippen LogP contribution >= 0.6 is 0 Å². The van der Waals surface area contributed by atoms with E-state index in [-0.39, 0.29) is 11.9 Å². The van der Waals surface area contributed by atoms with Crippen LogP contribution in [0.2, 0.25) is 0 Å². The first-order valence-corrected chi connectivity index (χ1v) is 6.38. The zero-order valence-corrected chi connectivity index (χ0v) is 10.6. The van der Waals surface area contributed by atoms with Gasteiger partial charge in [0.2, 0.25) is 0 Å². The molecule has 94 valence electrons. The van der Waals surface area contributed by atoms with Gasteiger partial charge in [-0.2, -0.15) is 0 Å². The Morgan fingerprint density at radius 3 is 2.59 bits per heavy atom. The second kappa shape index (κ2) is 5.05. The van der Waals surface area contributed by atoms with Crippen LogP contribution in [0.1, 0.15) is 44.2 Å². The van der Waals surface area contributed by atoms with Crippen LogP contribution in [0.3, 0.4) is 0 Å². The van der Waals surface area contributed by atoms with Gasteiger partial charge in [-0.15, -0.1) is 0 Å². The zero-order valence-electron chi connectivity index (χ0n) is 10.6. The normalized spacial score (nSPS) is 18.4. The molecule has 1 aliphatic carbocycles. The molecule has 0 bridgehead atoms. The maximum atomic E-state index is 13.8. The molecule has 3 heteroatoms. The quantitative estimate of drug-likeness (QED) is 0.873. The Balaban J connectivity index is 2.33. The van der Waals surface area contributed by atoms with E-state index in [9.17, 15) is 4.39 Å². The Labute approximate surface area is 103 Å². The van der Waals surface area contributed by atoms with E-state index in [1.807, 2.05) is 13.0 Å². The van der Waals surface area contributed by atoms with E-state index in [0.717, 1.165) is 5.69 Å². The van der Waals surface area contributed by atoms with E-state index in [1.165, 1.54) is 31.7 Å². The van der Waals surface area contributed by atoms with Crippen LogP contribution in [0.5, 0.6) is 0 Å². The van der Waals surface area contributed by atoms with Crippen molar-refractivity contribution >= 4 is 5.69 Å². The molecule has 1 unspecified atom stereocenters. The molecule has 2 nitrogen and oxygen atoms in total. The lowest BCUT2D eigenvalue weighted by Crippen LogP contribution is -2.30. The van der Waals surface area contributed by atoms with Gasteiger partial charge in [0.25, 0.3) is 0 Å². The number of nitrogens with zero attached hydrogens (tertiary/aromatic N) is 1. The summed E-state index contributed by atoms with van der Waals surface area (Å²) in [6.07, 6.45) is 4.95. The fourth-order valence-corrected chi connectivity index (χ4v) is 2.77. The van der Waals surface area contributed by atoms with Crippen molar-refractivity contribution in [3.05, 3.63) is 29.6 Å². The van der Waals surface area contributed by atoms with E-state index in [0.29, 0.717) is 11.6 Å². The molecule has 0 saturated heterocycles. The molecule has 0 amide bonds. The molecule has 2 N–H and O–H groups in total. The summed E-state index contributed by atoms with van der Waals surface area (Å²) in [5, 5.41) is 0. The first-order valence-electron chi connectivity index (χ1n) is 6.38. The SMILES string of the molecule is CC(N)c1c(F)cccc1N(C)C1CCCC1. The summed E-state index contributed by atoms with van der Waals surface area (Å²) >= 11 is 0. The Morgan fingerprint density at radius 2 is 2.00 bits per heavy atom. The maximum Gasteiger partial charge on any atom is 0.130 e. The highest BCUT2D eigenvalue weighted by Gasteiger charge is 2.23. The average Bonchev–Trinajstić information content (AvgIpc) is 2.80. The van der Waals surface area contributed by atoms with Gasteiger partial charge >= 0.3 is 0 Å². The number of halogens is 1. The molecule has 0 spiro atoms. The van der Waals surface area contributed by atoms with Crippen LogP contribution < -0.4 is 10.6 Å². The molecule has 1 atom stereocenters. The van der Waals surface area contributed by atoms with Crippen molar-refractivity contribution in [1.82, 2.24) is 0 Å². The summed E-state index contributed by atoms with van der Waals surface area (Å²) < 4.78 is 13.8. The number of nitrogens with two attached hydrogens (primary N) is 1. The Kier molecular flexibility index (Phi) is 3.67. The monoisotopic (exact) mass is 236 g/mol. The molecule has 0 heterocycles. The summed E-state index contributed by atoms with van der Waals surface area (Å²) in [6.45, 7) is 1.84. The van der Waals surface area contributed by atoms with Crippen molar-refractivity contribution in [2.45, 2.75) is 44.7 Å². The van der Waals surface area contributed by atoms with Crippen molar-refractivity contribution in [2.75, 3.05) is 11.9 Å². The van der Waals surface area contributed by atoms with Crippen molar-refractivity contribution in [3.63, 3.8) is 0 Å². The summed E-state index contributed by atoms with van der Waals surface area (Å²) in [7, 11) is 2.05. The molecule has 1 aliphatic rings. The molecule has 0 aromatic heterocycles. The van der Waals surface area contributed by atoms with E-state index >= 15 is 0 Å². The molecule has 1 aromatic rings. The van der Waals surface area contributed by atoms with Gasteiger partial charge in [0, 0.05) is 30.4 Å². The first kappa shape index (κ1) is 12.4. The Bertz CT molecular complexity index is 384. The molecule has 17 heavy (non-hydrogen) atoms. The predicted molar refractivity (Wildman–Crippen MR) is 69.7 cm³/mol. The van der Waals surface area contributed by atoms with E-state index in [2.05, 4.69) is 11.9 Å². The number of rotatable bonds is 3. The van der Waals surface area contributed by atoms with Gasteiger partial charge in [0.05, 0.1) is 0 Å². The van der Waals surface area contributed by atoms with Crippen LogP contribution in [0.4, 0.5) is 10.1 Å². The highest BCUT2D eigenvalue weighted by atomic mass is 19.1. The Hall–Kier alpha value is -1.09. The fraction of sp³-hybridized carbons (Fsp3) is 0.571. The highest BCUT2D eigenvalue weighted by molar-refractivity contribution is 5.55. The predicted octanol–water partition coefficient (Wildman–Crippen LogP) is 3.22. The molecule has 0 radical (unpaired) electrons. The number of benzene rings is 1. The van der Waals surface area contributed by atoms with Gasteiger partial charge in [0.1, 0.15) is 5.82 Å². The number of hydrogen-bond acceptors (Lipinski definition) is 2. The lowest BCUT2D eigenvalue weighted by Gasteiger charge is -2.29. The van der Waals surface area contributed by atoms with Gasteiger partial charge in [-0.05, 0) is 31.9 Å². The molecular formula is C14H21FN2. The number of hydrogen-bond donors (Lipinski definition) is 1. The molecule has 1 fully saturated rings. The van der Waals surface area contributed by atoms with Crippen molar-refractivity contribution in [1.29, 1.82) is 0 Å². The average molecular weight is 236 g/mol. The molecule has 1 saturated carbocycles. The third-order valence-electron chi connectivity index (χ3n) is 3.74. The fourth-order valence-electron chi connectivity index (χ4n) is 2.77. The minimum atomic E-state index is -0.268. The summed E-state index contributed by atoms with van der Waals surface area (Å²) in [5.41, 5.74) is 7.48. The van der Waals surface area contributed by atoms with Crippen LogP contribution in [-0.4, -0.2) is 13.1 Å². The minimum Gasteiger partial charge on any atom is -0.371 e. The first-order chi connectivity index (χ1) is 8.11. The summed E-state index contributed by atoms with van der Waals surface area (Å²) in [4.78, 5) is 2.20. The molecule has 2 rings (SSSR count). The maximum absolute atomic E-state index is 13.8. The second-order valence-electron chi connectivity index (χ2n) is 5.01. The third-order valence-corrected chi connectivity index (χ3v) is 3.74. The van der Waals surface area contributed by atoms with Gasteiger partial charge in [-0.25, -0.2) is 4.39 Å². The standard InChI is InChI=1S/C14H21FN2/c1-10(16)14-12(15)8-5-9-13(14)17(2)11-6-3-4-7-11/h5,8-11H,3-4,6-7,16H2,1-2H3. The van der Waals surface area contributed by atoms with Crippen LogP contribution in [-0.2, 0) is 0 Å². The smallest absolute Gasteiger partial charge is 0.130 e. The van der Waals surface area contributed by atoms with Gasteiger partial charge in [-0.1, -0.05) is 18.9 Å². The summed E-state index contributed by atoms with van der Waals surface area (Å²) in [6, 6.07) is 5.50. The highest BCUT2D eigenvalue weighted by Crippen LogP contribution is 2.32. The van der Waals surface area contributed by atoms with Crippen molar-refractivity contribution < 1.29 is 4.39 Å². The third kappa shape index (κ3) is 2.44. The second-order valence-corrected chi connectivity index (χ2v) is 5.01. The van der Waals surface area contributed by atoms with Crippen LogP contribution in [0.15, 0.2) is 18.2 Å². The molecular weight excluding hydrogens is 215 g/mol. The van der Waals surface area contributed by atoms with Gasteiger partial charge in [-0.3, -0.25) is 0 Å². The summed E-state index contributed by atoms with van der Waals surface area (Å²) in [5.74, 6) is -0.192. The van der Waals surface area contributed by atoms with Crippen molar-refractivity contribution in [3.8, 4) is 0 Å². The lowest BCUT2D eigenvalue weighted by atomic mass is 10.0. The lowest BCUT2D eigenvalue weighted by molar-refractivity contribution is 0.585. The van der Waals surface area contributed by atoms with E-state index in [4.69, 9.17) is 5.73 Å². The zero-order chi connectivity index (χ0) is 12.4. The van der Waals surface area contributed by atoms with Gasteiger partial charge in [0.15, 0.2) is 0 Å². The Morgan fingerprint density at radius 1 is 1.35 bits per heavy atom. The molecule has 1 aromatic carbocycles. The van der Waals surface area contributed by atoms with Gasteiger partial charge < -0.3 is 10.6 Å². The van der Waals surface area contributed by atoms with Crippen molar-refractivity contribution in [2.24, 2.45) is 5.73 Å².